The van der Waals surface area contributed by atoms with Crippen LogP contribution in [0.15, 0.2) is 12.1 Å². The lowest BCUT2D eigenvalue weighted by molar-refractivity contribution is -0.685. The van der Waals surface area contributed by atoms with Crippen LogP contribution < -0.4 is 10.7 Å². The van der Waals surface area contributed by atoms with E-state index in [1.165, 1.54) is 24.8 Å². The Morgan fingerprint density at radius 3 is 2.79 bits per heavy atom. The first-order valence-electron chi connectivity index (χ1n) is 10.7. The van der Waals surface area contributed by atoms with E-state index in [1.54, 1.807) is 0 Å². The van der Waals surface area contributed by atoms with Crippen LogP contribution >= 0.6 is 0 Å². The molecule has 3 fully saturated rings. The number of benzene rings is 1. The first kappa shape index (κ1) is 16.8. The van der Waals surface area contributed by atoms with Crippen molar-refractivity contribution in [1.82, 2.24) is 20.2 Å². The van der Waals surface area contributed by atoms with Gasteiger partial charge in [-0.3, -0.25) is 4.90 Å². The highest BCUT2D eigenvalue weighted by Crippen LogP contribution is 2.42. The van der Waals surface area contributed by atoms with Crippen molar-refractivity contribution < 1.29 is 9.39 Å². The van der Waals surface area contributed by atoms with E-state index >= 15 is 0 Å². The summed E-state index contributed by atoms with van der Waals surface area (Å²) in [4.78, 5) is 25.4. The zero-order valence-electron chi connectivity index (χ0n) is 16.2. The third-order valence-electron chi connectivity index (χ3n) is 6.85. The molecule has 2 aromatic rings. The fourth-order valence-corrected chi connectivity index (χ4v) is 4.79. The van der Waals surface area contributed by atoms with Crippen LogP contribution in [0.3, 0.4) is 0 Å². The summed E-state index contributed by atoms with van der Waals surface area (Å²) in [6.07, 6.45) is 4.89. The summed E-state index contributed by atoms with van der Waals surface area (Å²) >= 11 is 0. The summed E-state index contributed by atoms with van der Waals surface area (Å²) < 4.78 is 0.334. The van der Waals surface area contributed by atoms with Crippen molar-refractivity contribution in [2.75, 3.05) is 44.7 Å². The second-order valence-corrected chi connectivity index (χ2v) is 8.79. The van der Waals surface area contributed by atoms with E-state index in [2.05, 4.69) is 27.8 Å². The second-order valence-electron chi connectivity index (χ2n) is 8.79. The highest BCUT2D eigenvalue weighted by Gasteiger charge is 2.55. The van der Waals surface area contributed by atoms with Crippen LogP contribution in [0, 0.1) is 0 Å². The monoisotopic (exact) mass is 379 g/mol. The van der Waals surface area contributed by atoms with Gasteiger partial charge in [0.25, 0.3) is 0 Å². The number of hydrogen-bond donors (Lipinski definition) is 2. The van der Waals surface area contributed by atoms with Gasteiger partial charge in [0.1, 0.15) is 5.82 Å². The summed E-state index contributed by atoms with van der Waals surface area (Å²) in [5.41, 5.74) is 6.49. The van der Waals surface area contributed by atoms with Gasteiger partial charge in [0.05, 0.1) is 23.0 Å². The Balaban J connectivity index is 1.45. The summed E-state index contributed by atoms with van der Waals surface area (Å²) in [6, 6.07) is 4.36. The number of quaternary nitrogens is 1. The molecule has 0 unspecified atom stereocenters. The first-order chi connectivity index (χ1) is 13.7. The molecule has 7 heteroatoms. The Kier molecular flexibility index (Phi) is 3.73. The molecule has 3 aliphatic heterocycles. The molecule has 1 aromatic heterocycles. The molecule has 1 spiro atoms. The molecule has 2 saturated heterocycles. The molecule has 6 rings (SSSR count). The molecule has 146 valence electrons. The zero-order valence-corrected chi connectivity index (χ0v) is 16.2. The van der Waals surface area contributed by atoms with Crippen LogP contribution in [0.2, 0.25) is 0 Å². The lowest BCUT2D eigenvalue weighted by atomic mass is 9.79. The summed E-state index contributed by atoms with van der Waals surface area (Å²) in [5, 5.41) is 4.37. The third kappa shape index (κ3) is 2.64. The minimum Gasteiger partial charge on any atom is -0.315 e. The Morgan fingerprint density at radius 1 is 1.11 bits per heavy atom. The average molecular weight is 379 g/mol. The van der Waals surface area contributed by atoms with Gasteiger partial charge in [-0.1, -0.05) is 6.42 Å². The van der Waals surface area contributed by atoms with Gasteiger partial charge in [-0.25, -0.2) is 20.2 Å². The van der Waals surface area contributed by atoms with E-state index in [4.69, 9.17) is 9.97 Å². The van der Waals surface area contributed by atoms with Crippen molar-refractivity contribution >= 4 is 22.6 Å². The molecule has 1 aliphatic carbocycles. The van der Waals surface area contributed by atoms with Crippen LogP contribution in [0.5, 0.6) is 0 Å². The minimum atomic E-state index is 0.189. The van der Waals surface area contributed by atoms with Gasteiger partial charge in [-0.05, 0) is 56.0 Å². The normalized spacial score (nSPS) is 24.1. The van der Waals surface area contributed by atoms with Gasteiger partial charge in [0, 0.05) is 13.1 Å². The molecular weight excluding hydrogens is 352 g/mol. The van der Waals surface area contributed by atoms with E-state index in [9.17, 15) is 4.79 Å². The van der Waals surface area contributed by atoms with Gasteiger partial charge in [-0.15, -0.1) is 4.59 Å². The maximum absolute atomic E-state index is 13.1. The van der Waals surface area contributed by atoms with E-state index in [0.717, 1.165) is 80.3 Å². The predicted molar refractivity (Wildman–Crippen MR) is 107 cm³/mol. The van der Waals surface area contributed by atoms with Crippen molar-refractivity contribution in [2.24, 2.45) is 0 Å². The summed E-state index contributed by atoms with van der Waals surface area (Å²) in [5.74, 6) is 2.49. The number of hydrogen-bond acceptors (Lipinski definition) is 6. The lowest BCUT2D eigenvalue weighted by Gasteiger charge is -2.29. The molecule has 0 bridgehead atoms. The molecule has 4 heterocycles. The van der Waals surface area contributed by atoms with Gasteiger partial charge >= 0.3 is 5.91 Å². The molecule has 1 amide bonds. The minimum absolute atomic E-state index is 0.189. The first-order valence-corrected chi connectivity index (χ1v) is 10.7. The van der Waals surface area contributed by atoms with Crippen molar-refractivity contribution in [2.45, 2.75) is 38.1 Å². The maximum Gasteiger partial charge on any atom is 0.371 e. The summed E-state index contributed by atoms with van der Waals surface area (Å²) in [6.45, 7) is 6.67. The molecule has 4 aliphatic rings. The maximum atomic E-state index is 13.1. The Bertz CT molecular complexity index is 957. The van der Waals surface area contributed by atoms with Crippen molar-refractivity contribution in [3.05, 3.63) is 29.1 Å². The molecule has 7 nitrogen and oxygen atoms in total. The number of nitrogens with one attached hydrogen (secondary N) is 2. The van der Waals surface area contributed by atoms with Crippen LogP contribution in [0.25, 0.3) is 10.9 Å². The van der Waals surface area contributed by atoms with Crippen LogP contribution in [-0.4, -0.2) is 64.6 Å². The SMILES string of the molecule is O=C1c2cc(C3CCC3)cc3nc(CN4CCCNCC4)nc(c23)N[N+]12CC2. The standard InChI is InChI=1S/C21H27N6O/c28-21-16-11-15(14-3-1-4-14)12-17-19(16)20(25-27(21)9-10-27)24-18(23-17)13-26-7-2-5-22-6-8-26/h11-12,14,22H,1-10,13H2,(H,23,24,25)/q+1. The van der Waals surface area contributed by atoms with Gasteiger partial charge in [-0.2, -0.15) is 0 Å². The van der Waals surface area contributed by atoms with E-state index < -0.39 is 0 Å². The van der Waals surface area contributed by atoms with Crippen molar-refractivity contribution in [1.29, 1.82) is 0 Å². The van der Waals surface area contributed by atoms with Gasteiger partial charge in [0.15, 0.2) is 18.9 Å². The number of nitrogens with zero attached hydrogens (tertiary/aromatic N) is 4. The van der Waals surface area contributed by atoms with E-state index in [0.29, 0.717) is 10.5 Å². The number of aromatic nitrogens is 2. The predicted octanol–water partition coefficient (Wildman–Crippen LogP) is 2.00. The van der Waals surface area contributed by atoms with E-state index in [1.807, 2.05) is 0 Å². The van der Waals surface area contributed by atoms with E-state index in [-0.39, 0.29) is 5.91 Å². The molecule has 0 radical (unpaired) electrons. The molecule has 1 saturated carbocycles. The number of carbonyl (C=O) groups excluding carboxylic acids is 1. The summed E-state index contributed by atoms with van der Waals surface area (Å²) in [7, 11) is 0. The molecule has 0 atom stereocenters. The molecule has 2 N–H and O–H groups in total. The fourth-order valence-electron chi connectivity index (χ4n) is 4.79. The quantitative estimate of drug-likeness (QED) is 0.628. The highest BCUT2D eigenvalue weighted by atomic mass is 16.2. The topological polar surface area (TPSA) is 70.2 Å². The Labute approximate surface area is 164 Å². The number of rotatable bonds is 3. The van der Waals surface area contributed by atoms with Crippen molar-refractivity contribution in [3.63, 3.8) is 0 Å². The number of amides is 1. The van der Waals surface area contributed by atoms with Crippen molar-refractivity contribution in [3.8, 4) is 0 Å². The smallest absolute Gasteiger partial charge is 0.315 e. The Hall–Kier alpha value is -2.09. The molecule has 1 aromatic carbocycles. The van der Waals surface area contributed by atoms with Gasteiger partial charge < -0.3 is 5.32 Å². The zero-order chi connectivity index (χ0) is 18.7. The molecule has 28 heavy (non-hydrogen) atoms. The fraction of sp³-hybridized carbons (Fsp3) is 0.571. The second kappa shape index (κ2) is 6.20. The number of carbonyl (C=O) groups is 1. The van der Waals surface area contributed by atoms with Crippen LogP contribution in [0.1, 0.15) is 53.3 Å². The lowest BCUT2D eigenvalue weighted by Crippen LogP contribution is -2.43. The average Bonchev–Trinajstić information content (AvgIpc) is 3.43. The van der Waals surface area contributed by atoms with Gasteiger partial charge in [0.2, 0.25) is 0 Å². The Morgan fingerprint density at radius 2 is 2.00 bits per heavy atom. The molecular formula is C21H27N6O+. The highest BCUT2D eigenvalue weighted by molar-refractivity contribution is 6.10. The van der Waals surface area contributed by atoms with Crippen LogP contribution in [0.4, 0.5) is 5.82 Å². The number of anilines is 1. The largest absolute Gasteiger partial charge is 0.371 e. The third-order valence-corrected chi connectivity index (χ3v) is 6.85. The van der Waals surface area contributed by atoms with Crippen LogP contribution in [-0.2, 0) is 6.54 Å².